The van der Waals surface area contributed by atoms with Gasteiger partial charge in [-0.05, 0) is 19.4 Å². The number of hydrogen-bond donors (Lipinski definition) is 0. The zero-order valence-electron chi connectivity index (χ0n) is 9.36. The molecule has 0 amide bonds. The highest BCUT2D eigenvalue weighted by atomic mass is 16.1. The van der Waals surface area contributed by atoms with Crippen molar-refractivity contribution in [1.82, 2.24) is 4.90 Å². The summed E-state index contributed by atoms with van der Waals surface area (Å²) in [6.07, 6.45) is 0.714. The Kier molecular flexibility index (Phi) is 2.87. The molecule has 0 radical (unpaired) electrons. The summed E-state index contributed by atoms with van der Waals surface area (Å²) in [5.74, 6) is 0.370. The topological polar surface area (TPSA) is 20.3 Å². The minimum Gasteiger partial charge on any atom is -0.298 e. The Morgan fingerprint density at radius 1 is 1.33 bits per heavy atom. The van der Waals surface area contributed by atoms with Gasteiger partial charge < -0.3 is 0 Å². The Balaban J connectivity index is 2.03. The van der Waals surface area contributed by atoms with E-state index in [-0.39, 0.29) is 0 Å². The Hall–Kier alpha value is -1.15. The van der Waals surface area contributed by atoms with E-state index in [1.807, 2.05) is 0 Å². The van der Waals surface area contributed by atoms with Crippen LogP contribution in [0, 0.1) is 6.92 Å². The lowest BCUT2D eigenvalue weighted by molar-refractivity contribution is -0.116. The molecular weight excluding hydrogens is 186 g/mol. The molecule has 0 spiro atoms. The average molecular weight is 203 g/mol. The molecule has 2 heteroatoms. The zero-order valence-corrected chi connectivity index (χ0v) is 9.36. The highest BCUT2D eigenvalue weighted by Gasteiger charge is 2.26. The molecule has 2 nitrogen and oxygen atoms in total. The molecule has 1 fully saturated rings. The molecule has 0 saturated carbocycles. The number of carbonyl (C=O) groups excluding carboxylic acids is 1. The van der Waals surface area contributed by atoms with E-state index in [4.69, 9.17) is 0 Å². The third-order valence-corrected chi connectivity index (χ3v) is 3.03. The Labute approximate surface area is 90.9 Å². The summed E-state index contributed by atoms with van der Waals surface area (Å²) in [4.78, 5) is 13.5. The number of carbonyl (C=O) groups is 1. The van der Waals surface area contributed by atoms with E-state index >= 15 is 0 Å². The van der Waals surface area contributed by atoms with Gasteiger partial charge in [0.05, 0.1) is 6.54 Å². The van der Waals surface area contributed by atoms with Crippen LogP contribution in [0.25, 0.3) is 0 Å². The van der Waals surface area contributed by atoms with Crippen molar-refractivity contribution in [2.45, 2.75) is 32.9 Å². The van der Waals surface area contributed by atoms with Crippen LogP contribution in [0.15, 0.2) is 24.3 Å². The smallest absolute Gasteiger partial charge is 0.148 e. The second kappa shape index (κ2) is 4.15. The molecule has 80 valence electrons. The predicted molar refractivity (Wildman–Crippen MR) is 60.7 cm³/mol. The fourth-order valence-electron chi connectivity index (χ4n) is 2.05. The summed E-state index contributed by atoms with van der Waals surface area (Å²) >= 11 is 0. The molecule has 2 rings (SSSR count). The third-order valence-electron chi connectivity index (χ3n) is 3.03. The summed E-state index contributed by atoms with van der Waals surface area (Å²) in [6.45, 7) is 5.73. The number of hydrogen-bond acceptors (Lipinski definition) is 2. The van der Waals surface area contributed by atoms with Gasteiger partial charge in [-0.15, -0.1) is 0 Å². The van der Waals surface area contributed by atoms with E-state index in [0.29, 0.717) is 24.8 Å². The molecule has 1 atom stereocenters. The van der Waals surface area contributed by atoms with Gasteiger partial charge in [0.15, 0.2) is 0 Å². The number of Topliss-reactive ketones (excluding diaryl/α,β-unsaturated/α-hetero) is 1. The maximum Gasteiger partial charge on any atom is 0.148 e. The number of benzene rings is 1. The van der Waals surface area contributed by atoms with Crippen molar-refractivity contribution in [3.8, 4) is 0 Å². The minimum absolute atomic E-state index is 0.370. The molecule has 0 bridgehead atoms. The molecule has 1 aromatic carbocycles. The van der Waals surface area contributed by atoms with E-state index in [1.165, 1.54) is 11.1 Å². The average Bonchev–Trinajstić information content (AvgIpc) is 2.49. The zero-order chi connectivity index (χ0) is 10.8. The van der Waals surface area contributed by atoms with E-state index in [0.717, 1.165) is 6.54 Å². The Bertz CT molecular complexity index is 355. The first-order valence-corrected chi connectivity index (χ1v) is 5.46. The fraction of sp³-hybridized carbons (Fsp3) is 0.462. The molecule has 1 heterocycles. The number of ketones is 1. The highest BCUT2D eigenvalue weighted by Crippen LogP contribution is 2.17. The van der Waals surface area contributed by atoms with Gasteiger partial charge in [0.1, 0.15) is 5.78 Å². The quantitative estimate of drug-likeness (QED) is 0.734. The van der Waals surface area contributed by atoms with Gasteiger partial charge in [0.2, 0.25) is 0 Å². The number of likely N-dealkylation sites (tertiary alicyclic amines) is 1. The van der Waals surface area contributed by atoms with Crippen molar-refractivity contribution in [2.24, 2.45) is 0 Å². The van der Waals surface area contributed by atoms with Crippen LogP contribution in [0.5, 0.6) is 0 Å². The van der Waals surface area contributed by atoms with Crippen LogP contribution in [0.2, 0.25) is 0 Å². The van der Waals surface area contributed by atoms with Crippen molar-refractivity contribution >= 4 is 5.78 Å². The minimum atomic E-state index is 0.370. The molecule has 15 heavy (non-hydrogen) atoms. The summed E-state index contributed by atoms with van der Waals surface area (Å²) in [6, 6.07) is 8.93. The van der Waals surface area contributed by atoms with E-state index in [1.54, 1.807) is 0 Å². The summed E-state index contributed by atoms with van der Waals surface area (Å²) in [5.41, 5.74) is 2.58. The molecule has 1 unspecified atom stereocenters. The van der Waals surface area contributed by atoms with Crippen molar-refractivity contribution in [3.05, 3.63) is 35.4 Å². The van der Waals surface area contributed by atoms with Crippen LogP contribution in [0.1, 0.15) is 24.5 Å². The standard InChI is InChI=1S/C13H17NO/c1-10-3-5-12(6-4-10)8-14-9-13(15)7-11(14)2/h3-6,11H,7-9H2,1-2H3. The molecule has 0 N–H and O–H groups in total. The fourth-order valence-corrected chi connectivity index (χ4v) is 2.05. The maximum atomic E-state index is 11.3. The molecule has 1 saturated heterocycles. The molecular formula is C13H17NO. The summed E-state index contributed by atoms with van der Waals surface area (Å²) in [5, 5.41) is 0. The summed E-state index contributed by atoms with van der Waals surface area (Å²) < 4.78 is 0. The van der Waals surface area contributed by atoms with Gasteiger partial charge in [-0.1, -0.05) is 29.8 Å². The van der Waals surface area contributed by atoms with E-state index in [9.17, 15) is 4.79 Å². The largest absolute Gasteiger partial charge is 0.298 e. The van der Waals surface area contributed by atoms with Gasteiger partial charge in [-0.3, -0.25) is 9.69 Å². The second-order valence-electron chi connectivity index (χ2n) is 4.48. The van der Waals surface area contributed by atoms with Gasteiger partial charge in [-0.25, -0.2) is 0 Å². The van der Waals surface area contributed by atoms with Crippen molar-refractivity contribution in [2.75, 3.05) is 6.54 Å². The Morgan fingerprint density at radius 2 is 2.00 bits per heavy atom. The van der Waals surface area contributed by atoms with Crippen molar-refractivity contribution in [3.63, 3.8) is 0 Å². The first-order valence-electron chi connectivity index (χ1n) is 5.46. The molecule has 1 aromatic rings. The van der Waals surface area contributed by atoms with Crippen molar-refractivity contribution in [1.29, 1.82) is 0 Å². The van der Waals surface area contributed by atoms with Crippen LogP contribution in [-0.4, -0.2) is 23.3 Å². The van der Waals surface area contributed by atoms with Gasteiger partial charge in [0, 0.05) is 19.0 Å². The number of nitrogens with zero attached hydrogens (tertiary/aromatic N) is 1. The lowest BCUT2D eigenvalue weighted by Gasteiger charge is -2.19. The molecule has 0 aliphatic carbocycles. The molecule has 0 aromatic heterocycles. The SMILES string of the molecule is Cc1ccc(CN2CC(=O)CC2C)cc1. The monoisotopic (exact) mass is 203 g/mol. The lowest BCUT2D eigenvalue weighted by atomic mass is 10.1. The van der Waals surface area contributed by atoms with Gasteiger partial charge in [-0.2, -0.15) is 0 Å². The highest BCUT2D eigenvalue weighted by molar-refractivity contribution is 5.83. The van der Waals surface area contributed by atoms with Crippen molar-refractivity contribution < 1.29 is 4.79 Å². The van der Waals surface area contributed by atoms with E-state index in [2.05, 4.69) is 43.0 Å². The third kappa shape index (κ3) is 2.45. The predicted octanol–water partition coefficient (Wildman–Crippen LogP) is 2.16. The van der Waals surface area contributed by atoms with Crippen LogP contribution in [0.3, 0.4) is 0 Å². The maximum absolute atomic E-state index is 11.3. The first kappa shape index (κ1) is 10.4. The van der Waals surface area contributed by atoms with Crippen LogP contribution >= 0.6 is 0 Å². The molecule has 1 aliphatic heterocycles. The summed E-state index contributed by atoms with van der Waals surface area (Å²) in [7, 11) is 0. The molecule has 1 aliphatic rings. The van der Waals surface area contributed by atoms with Crippen LogP contribution in [-0.2, 0) is 11.3 Å². The number of rotatable bonds is 2. The van der Waals surface area contributed by atoms with Crippen LogP contribution < -0.4 is 0 Å². The number of aryl methyl sites for hydroxylation is 1. The van der Waals surface area contributed by atoms with Crippen LogP contribution in [0.4, 0.5) is 0 Å². The van der Waals surface area contributed by atoms with Gasteiger partial charge in [0.25, 0.3) is 0 Å². The first-order chi connectivity index (χ1) is 7.15. The second-order valence-corrected chi connectivity index (χ2v) is 4.48. The lowest BCUT2D eigenvalue weighted by Crippen LogP contribution is -2.26. The van der Waals surface area contributed by atoms with E-state index < -0.39 is 0 Å². The Morgan fingerprint density at radius 3 is 2.53 bits per heavy atom. The normalized spacial score (nSPS) is 22.3. The van der Waals surface area contributed by atoms with Gasteiger partial charge >= 0.3 is 0 Å².